The fourth-order valence-corrected chi connectivity index (χ4v) is 2.70. The summed E-state index contributed by atoms with van der Waals surface area (Å²) in [6.07, 6.45) is -0.161. The highest BCUT2D eigenvalue weighted by Crippen LogP contribution is 2.15. The second kappa shape index (κ2) is 11.7. The highest BCUT2D eigenvalue weighted by atomic mass is 19.3. The van der Waals surface area contributed by atoms with Gasteiger partial charge in [-0.25, -0.2) is 4.79 Å². The number of carbonyl (C=O) groups excluding carboxylic acids is 2. The predicted octanol–water partition coefficient (Wildman–Crippen LogP) is 3.90. The highest BCUT2D eigenvalue weighted by Gasteiger charge is 2.24. The summed E-state index contributed by atoms with van der Waals surface area (Å²) in [6, 6.07) is 14.7. The standard InChI is InChI=1S/C22H26F2N2O4/c1-15(2)19(26-22(28)29-14-17-6-4-3-5-7-17)20(27)25-13-12-16-8-10-18(11-9-16)30-21(23)24/h3-11,15,19,21H,12-14H2,1-2H3,(H,25,27)(H,26,28)/t19-/m0/s1. The van der Waals surface area contributed by atoms with Crippen molar-refractivity contribution >= 4 is 12.0 Å². The van der Waals surface area contributed by atoms with Crippen molar-refractivity contribution in [2.24, 2.45) is 5.92 Å². The SMILES string of the molecule is CC(C)[C@H](NC(=O)OCc1ccccc1)C(=O)NCCc1ccc(OC(F)F)cc1. The quantitative estimate of drug-likeness (QED) is 0.611. The van der Waals surface area contributed by atoms with Crippen LogP contribution in [0.2, 0.25) is 0 Å². The average molecular weight is 420 g/mol. The first kappa shape index (κ1) is 23.1. The molecule has 2 aromatic rings. The van der Waals surface area contributed by atoms with Crippen LogP contribution in [-0.2, 0) is 22.6 Å². The van der Waals surface area contributed by atoms with E-state index in [-0.39, 0.29) is 24.2 Å². The highest BCUT2D eigenvalue weighted by molar-refractivity contribution is 5.85. The van der Waals surface area contributed by atoms with Crippen molar-refractivity contribution in [1.82, 2.24) is 10.6 Å². The lowest BCUT2D eigenvalue weighted by Gasteiger charge is -2.21. The number of nitrogens with one attached hydrogen (secondary N) is 2. The Morgan fingerprint density at radius 3 is 2.23 bits per heavy atom. The van der Waals surface area contributed by atoms with Crippen molar-refractivity contribution in [3.05, 3.63) is 65.7 Å². The molecule has 0 bridgehead atoms. The second-order valence-electron chi connectivity index (χ2n) is 6.99. The molecule has 0 aliphatic rings. The zero-order valence-corrected chi connectivity index (χ0v) is 16.9. The number of alkyl carbamates (subject to hydrolysis) is 1. The first-order valence-electron chi connectivity index (χ1n) is 9.64. The molecular formula is C22H26F2N2O4. The Morgan fingerprint density at radius 2 is 1.63 bits per heavy atom. The van der Waals surface area contributed by atoms with E-state index in [1.807, 2.05) is 44.2 Å². The van der Waals surface area contributed by atoms with E-state index in [0.717, 1.165) is 11.1 Å². The zero-order chi connectivity index (χ0) is 21.9. The summed E-state index contributed by atoms with van der Waals surface area (Å²) < 4.78 is 33.8. The van der Waals surface area contributed by atoms with Gasteiger partial charge in [0.25, 0.3) is 0 Å². The molecule has 30 heavy (non-hydrogen) atoms. The van der Waals surface area contributed by atoms with Gasteiger partial charge in [0.2, 0.25) is 5.91 Å². The number of halogens is 2. The summed E-state index contributed by atoms with van der Waals surface area (Å²) in [4.78, 5) is 24.5. The van der Waals surface area contributed by atoms with Crippen LogP contribution < -0.4 is 15.4 Å². The summed E-state index contributed by atoms with van der Waals surface area (Å²) in [5, 5.41) is 5.38. The van der Waals surface area contributed by atoms with Gasteiger partial charge in [-0.3, -0.25) is 4.79 Å². The number of hydrogen-bond donors (Lipinski definition) is 2. The van der Waals surface area contributed by atoms with Crippen molar-refractivity contribution < 1.29 is 27.8 Å². The number of carbonyl (C=O) groups is 2. The molecule has 0 aliphatic heterocycles. The van der Waals surface area contributed by atoms with Crippen molar-refractivity contribution in [3.63, 3.8) is 0 Å². The Labute approximate surface area is 174 Å². The molecule has 162 valence electrons. The molecule has 2 rings (SSSR count). The molecule has 0 aromatic heterocycles. The van der Waals surface area contributed by atoms with E-state index in [9.17, 15) is 18.4 Å². The van der Waals surface area contributed by atoms with Crippen LogP contribution in [-0.4, -0.2) is 31.2 Å². The first-order valence-corrected chi connectivity index (χ1v) is 9.64. The van der Waals surface area contributed by atoms with Crippen LogP contribution in [0.15, 0.2) is 54.6 Å². The van der Waals surface area contributed by atoms with Crippen LogP contribution in [0.3, 0.4) is 0 Å². The molecule has 0 saturated carbocycles. The topological polar surface area (TPSA) is 76.7 Å². The molecule has 8 heteroatoms. The summed E-state index contributed by atoms with van der Waals surface area (Å²) in [7, 11) is 0. The minimum Gasteiger partial charge on any atom is -0.445 e. The molecule has 2 N–H and O–H groups in total. The van der Waals surface area contributed by atoms with E-state index in [2.05, 4.69) is 15.4 Å². The summed E-state index contributed by atoms with van der Waals surface area (Å²) in [5.74, 6) is -0.379. The van der Waals surface area contributed by atoms with Crippen LogP contribution in [0.1, 0.15) is 25.0 Å². The van der Waals surface area contributed by atoms with Gasteiger partial charge in [-0.2, -0.15) is 8.78 Å². The van der Waals surface area contributed by atoms with Crippen molar-refractivity contribution in [2.75, 3.05) is 6.54 Å². The lowest BCUT2D eigenvalue weighted by molar-refractivity contribution is -0.124. The van der Waals surface area contributed by atoms with Crippen molar-refractivity contribution in [2.45, 2.75) is 39.5 Å². The summed E-state index contributed by atoms with van der Waals surface area (Å²) >= 11 is 0. The number of hydrogen-bond acceptors (Lipinski definition) is 4. The predicted molar refractivity (Wildman–Crippen MR) is 108 cm³/mol. The molecule has 0 saturated heterocycles. The molecule has 0 spiro atoms. The number of amides is 2. The lowest BCUT2D eigenvalue weighted by Crippen LogP contribution is -2.50. The molecule has 0 radical (unpaired) electrons. The van der Waals surface area contributed by atoms with Gasteiger partial charge < -0.3 is 20.1 Å². The maximum absolute atomic E-state index is 12.5. The van der Waals surface area contributed by atoms with E-state index in [1.165, 1.54) is 12.1 Å². The third-order valence-corrected chi connectivity index (χ3v) is 4.30. The van der Waals surface area contributed by atoms with E-state index < -0.39 is 18.7 Å². The minimum atomic E-state index is -2.87. The van der Waals surface area contributed by atoms with Gasteiger partial charge in [0.1, 0.15) is 18.4 Å². The van der Waals surface area contributed by atoms with Crippen LogP contribution in [0, 0.1) is 5.92 Å². The molecule has 0 heterocycles. The molecule has 0 fully saturated rings. The fourth-order valence-electron chi connectivity index (χ4n) is 2.70. The molecule has 0 aliphatic carbocycles. The first-order chi connectivity index (χ1) is 14.3. The van der Waals surface area contributed by atoms with E-state index in [0.29, 0.717) is 13.0 Å². The maximum atomic E-state index is 12.5. The zero-order valence-electron chi connectivity index (χ0n) is 16.9. The normalized spacial score (nSPS) is 11.8. The lowest BCUT2D eigenvalue weighted by atomic mass is 10.0. The molecule has 2 amide bonds. The maximum Gasteiger partial charge on any atom is 0.408 e. The summed E-state index contributed by atoms with van der Waals surface area (Å²) in [6.45, 7) is 1.23. The Balaban J connectivity index is 1.78. The largest absolute Gasteiger partial charge is 0.445 e. The van der Waals surface area contributed by atoms with Crippen LogP contribution in [0.25, 0.3) is 0 Å². The van der Waals surface area contributed by atoms with Gasteiger partial charge in [-0.15, -0.1) is 0 Å². The van der Waals surface area contributed by atoms with Gasteiger partial charge in [0.15, 0.2) is 0 Å². The Morgan fingerprint density at radius 1 is 0.967 bits per heavy atom. The molecule has 0 unspecified atom stereocenters. The van der Waals surface area contributed by atoms with E-state index in [1.54, 1.807) is 12.1 Å². The Bertz CT molecular complexity index is 799. The van der Waals surface area contributed by atoms with Gasteiger partial charge in [0.05, 0.1) is 0 Å². The van der Waals surface area contributed by atoms with Crippen LogP contribution in [0.5, 0.6) is 5.75 Å². The summed E-state index contributed by atoms with van der Waals surface area (Å²) in [5.41, 5.74) is 1.71. The number of ether oxygens (including phenoxy) is 2. The smallest absolute Gasteiger partial charge is 0.408 e. The Hall–Kier alpha value is -3.16. The van der Waals surface area contributed by atoms with Gasteiger partial charge in [-0.1, -0.05) is 56.3 Å². The monoisotopic (exact) mass is 420 g/mol. The third-order valence-electron chi connectivity index (χ3n) is 4.30. The van der Waals surface area contributed by atoms with Crippen LogP contribution in [0.4, 0.5) is 13.6 Å². The van der Waals surface area contributed by atoms with Gasteiger partial charge in [-0.05, 0) is 35.6 Å². The molecule has 2 aromatic carbocycles. The molecule has 6 nitrogen and oxygen atoms in total. The van der Waals surface area contributed by atoms with Crippen LogP contribution >= 0.6 is 0 Å². The third kappa shape index (κ3) is 8.06. The van der Waals surface area contributed by atoms with E-state index in [4.69, 9.17) is 4.74 Å². The average Bonchev–Trinajstić information content (AvgIpc) is 2.72. The second-order valence-corrected chi connectivity index (χ2v) is 6.99. The van der Waals surface area contributed by atoms with Gasteiger partial charge >= 0.3 is 12.7 Å². The minimum absolute atomic E-state index is 0.0795. The number of rotatable bonds is 10. The van der Waals surface area contributed by atoms with Gasteiger partial charge in [0, 0.05) is 6.54 Å². The van der Waals surface area contributed by atoms with Crippen molar-refractivity contribution in [3.8, 4) is 5.75 Å². The molecule has 1 atom stereocenters. The molecular weight excluding hydrogens is 394 g/mol. The fraction of sp³-hybridized carbons (Fsp3) is 0.364. The van der Waals surface area contributed by atoms with E-state index >= 15 is 0 Å². The Kier molecular flexibility index (Phi) is 9.05. The number of alkyl halides is 2. The number of benzene rings is 2. The van der Waals surface area contributed by atoms with Crippen molar-refractivity contribution in [1.29, 1.82) is 0 Å².